The van der Waals surface area contributed by atoms with Crippen molar-refractivity contribution in [3.63, 3.8) is 0 Å². The quantitative estimate of drug-likeness (QED) is 0.342. The highest BCUT2D eigenvalue weighted by Crippen LogP contribution is 2.50. The van der Waals surface area contributed by atoms with Gasteiger partial charge in [-0.15, -0.1) is 0 Å². The summed E-state index contributed by atoms with van der Waals surface area (Å²) in [5.74, 6) is 0. The van der Waals surface area contributed by atoms with Crippen molar-refractivity contribution >= 4 is 93.0 Å². The van der Waals surface area contributed by atoms with E-state index in [1.807, 2.05) is 0 Å². The molecule has 0 radical (unpaired) electrons. The SMILES string of the molecule is Clc1cccc(Sc2c(Cl)c(Cl)c(Cl)c(Cl)c2Cl)c1Cl. The van der Waals surface area contributed by atoms with Gasteiger partial charge in [-0.1, -0.05) is 99.0 Å². The average Bonchev–Trinajstić information content (AvgIpc) is 2.43. The lowest BCUT2D eigenvalue weighted by molar-refractivity contribution is 1.40. The third kappa shape index (κ3) is 3.26. The monoisotopic (exact) mass is 424 g/mol. The number of hydrogen-bond donors (Lipinski definition) is 0. The van der Waals surface area contributed by atoms with E-state index >= 15 is 0 Å². The minimum absolute atomic E-state index is 0.116. The molecule has 20 heavy (non-hydrogen) atoms. The van der Waals surface area contributed by atoms with E-state index in [-0.39, 0.29) is 25.1 Å². The molecule has 0 amide bonds. The van der Waals surface area contributed by atoms with Crippen LogP contribution < -0.4 is 0 Å². The van der Waals surface area contributed by atoms with E-state index in [0.29, 0.717) is 19.8 Å². The minimum Gasteiger partial charge on any atom is -0.0852 e. The van der Waals surface area contributed by atoms with Crippen LogP contribution in [0.5, 0.6) is 0 Å². The summed E-state index contributed by atoms with van der Waals surface area (Å²) in [6.45, 7) is 0. The van der Waals surface area contributed by atoms with Gasteiger partial charge in [0.2, 0.25) is 0 Å². The third-order valence-corrected chi connectivity index (χ3v) is 6.90. The molecule has 0 fully saturated rings. The van der Waals surface area contributed by atoms with Gasteiger partial charge < -0.3 is 0 Å². The maximum atomic E-state index is 6.16. The predicted molar refractivity (Wildman–Crippen MR) is 92.1 cm³/mol. The van der Waals surface area contributed by atoms with Gasteiger partial charge in [0, 0.05) is 4.90 Å². The molecular weight excluding hydrogens is 424 g/mol. The lowest BCUT2D eigenvalue weighted by Gasteiger charge is -2.13. The van der Waals surface area contributed by atoms with Crippen LogP contribution >= 0.6 is 93.0 Å². The molecule has 0 heterocycles. The van der Waals surface area contributed by atoms with Crippen molar-refractivity contribution in [3.05, 3.63) is 53.4 Å². The molecule has 0 saturated carbocycles. The maximum absolute atomic E-state index is 6.16. The smallest absolute Gasteiger partial charge is 0.0809 e. The average molecular weight is 427 g/mol. The first-order valence-electron chi connectivity index (χ1n) is 4.98. The number of benzene rings is 2. The van der Waals surface area contributed by atoms with E-state index in [2.05, 4.69) is 0 Å². The van der Waals surface area contributed by atoms with Crippen LogP contribution in [-0.2, 0) is 0 Å². The zero-order valence-corrected chi connectivity index (χ0v) is 15.4. The van der Waals surface area contributed by atoms with Crippen molar-refractivity contribution in [2.75, 3.05) is 0 Å². The lowest BCUT2D eigenvalue weighted by Crippen LogP contribution is -1.85. The third-order valence-electron chi connectivity index (χ3n) is 2.30. The second-order valence-electron chi connectivity index (χ2n) is 3.55. The van der Waals surface area contributed by atoms with Gasteiger partial charge in [-0.05, 0) is 12.1 Å². The van der Waals surface area contributed by atoms with Gasteiger partial charge in [-0.2, -0.15) is 0 Å². The molecule has 0 aliphatic heterocycles. The van der Waals surface area contributed by atoms with Crippen LogP contribution in [0.1, 0.15) is 0 Å². The van der Waals surface area contributed by atoms with E-state index in [9.17, 15) is 0 Å². The van der Waals surface area contributed by atoms with Crippen molar-refractivity contribution in [3.8, 4) is 0 Å². The molecule has 0 aromatic heterocycles. The fourth-order valence-electron chi connectivity index (χ4n) is 1.35. The second-order valence-corrected chi connectivity index (χ2v) is 7.28. The molecule has 0 saturated heterocycles. The van der Waals surface area contributed by atoms with Gasteiger partial charge in [-0.25, -0.2) is 0 Å². The summed E-state index contributed by atoms with van der Waals surface area (Å²) >= 11 is 43.6. The highest BCUT2D eigenvalue weighted by molar-refractivity contribution is 7.99. The summed E-state index contributed by atoms with van der Waals surface area (Å²) in [7, 11) is 0. The van der Waals surface area contributed by atoms with Gasteiger partial charge in [0.1, 0.15) is 0 Å². The maximum Gasteiger partial charge on any atom is 0.0809 e. The molecule has 2 rings (SSSR count). The van der Waals surface area contributed by atoms with E-state index < -0.39 is 0 Å². The standard InChI is InChI=1S/C12H3Cl7S/c13-4-2-1-3-5(6(4)14)20-12-10(18)8(16)7(15)9(17)11(12)19/h1-3H. The van der Waals surface area contributed by atoms with Gasteiger partial charge in [0.15, 0.2) is 0 Å². The summed E-state index contributed by atoms with van der Waals surface area (Å²) in [6.07, 6.45) is 0. The number of hydrogen-bond acceptors (Lipinski definition) is 1. The predicted octanol–water partition coefficient (Wildman–Crippen LogP) is 8.41. The Labute approximate surface area is 155 Å². The van der Waals surface area contributed by atoms with E-state index in [0.717, 1.165) is 0 Å². The first kappa shape index (κ1) is 17.2. The normalized spacial score (nSPS) is 10.9. The Kier molecular flexibility index (Phi) is 5.96. The lowest BCUT2D eigenvalue weighted by atomic mass is 10.3. The fourth-order valence-corrected chi connectivity index (χ4v) is 4.25. The molecule has 0 aliphatic rings. The molecule has 2 aromatic carbocycles. The van der Waals surface area contributed by atoms with Gasteiger partial charge in [0.25, 0.3) is 0 Å². The van der Waals surface area contributed by atoms with Gasteiger partial charge in [0.05, 0.1) is 40.1 Å². The summed E-state index contributed by atoms with van der Waals surface area (Å²) < 4.78 is 0. The molecule has 0 N–H and O–H groups in total. The van der Waals surface area contributed by atoms with Crippen LogP contribution in [0.15, 0.2) is 28.0 Å². The van der Waals surface area contributed by atoms with Crippen molar-refractivity contribution in [2.45, 2.75) is 9.79 Å². The van der Waals surface area contributed by atoms with E-state index in [4.69, 9.17) is 81.2 Å². The van der Waals surface area contributed by atoms with Crippen molar-refractivity contribution in [1.29, 1.82) is 0 Å². The Balaban J connectivity index is 2.57. The van der Waals surface area contributed by atoms with Gasteiger partial charge in [-0.3, -0.25) is 0 Å². The highest BCUT2D eigenvalue weighted by atomic mass is 35.5. The van der Waals surface area contributed by atoms with Crippen LogP contribution in [0.2, 0.25) is 35.2 Å². The van der Waals surface area contributed by atoms with Crippen LogP contribution in [0.4, 0.5) is 0 Å². The zero-order chi connectivity index (χ0) is 15.0. The van der Waals surface area contributed by atoms with Crippen molar-refractivity contribution in [1.82, 2.24) is 0 Å². The molecule has 0 aliphatic carbocycles. The fraction of sp³-hybridized carbons (Fsp3) is 0. The van der Waals surface area contributed by atoms with Gasteiger partial charge >= 0.3 is 0 Å². The Morgan fingerprint density at radius 2 is 1.10 bits per heavy atom. The number of halogens is 7. The molecular formula is C12H3Cl7S. The van der Waals surface area contributed by atoms with Crippen LogP contribution in [0, 0.1) is 0 Å². The van der Waals surface area contributed by atoms with Crippen LogP contribution in [0.25, 0.3) is 0 Å². The Morgan fingerprint density at radius 1 is 0.600 bits per heavy atom. The Bertz CT molecular complexity index is 655. The largest absolute Gasteiger partial charge is 0.0852 e. The van der Waals surface area contributed by atoms with E-state index in [1.165, 1.54) is 11.8 Å². The van der Waals surface area contributed by atoms with Crippen LogP contribution in [-0.4, -0.2) is 0 Å². The zero-order valence-electron chi connectivity index (χ0n) is 9.29. The molecule has 0 bridgehead atoms. The summed E-state index contributed by atoms with van der Waals surface area (Å²) in [5.41, 5.74) is 0. The number of rotatable bonds is 2. The van der Waals surface area contributed by atoms with Crippen LogP contribution in [0.3, 0.4) is 0 Å². The highest BCUT2D eigenvalue weighted by Gasteiger charge is 2.21. The Hall–Kier alpha value is 0.820. The first-order chi connectivity index (χ1) is 9.34. The molecule has 8 heteroatoms. The minimum atomic E-state index is 0.116. The molecule has 0 nitrogen and oxygen atoms in total. The summed E-state index contributed by atoms with van der Waals surface area (Å²) in [5, 5.41) is 1.65. The van der Waals surface area contributed by atoms with E-state index in [1.54, 1.807) is 18.2 Å². The summed E-state index contributed by atoms with van der Waals surface area (Å²) in [4.78, 5) is 1.15. The first-order valence-corrected chi connectivity index (χ1v) is 8.44. The second kappa shape index (κ2) is 6.93. The van der Waals surface area contributed by atoms with Crippen molar-refractivity contribution in [2.24, 2.45) is 0 Å². The molecule has 0 unspecified atom stereocenters. The van der Waals surface area contributed by atoms with Crippen molar-refractivity contribution < 1.29 is 0 Å². The Morgan fingerprint density at radius 3 is 1.65 bits per heavy atom. The molecule has 2 aromatic rings. The topological polar surface area (TPSA) is 0 Å². The molecule has 0 atom stereocenters. The summed E-state index contributed by atoms with van der Waals surface area (Å²) in [6, 6.07) is 5.22. The molecule has 106 valence electrons. The molecule has 0 spiro atoms.